The second-order valence-corrected chi connectivity index (χ2v) is 8.76. The number of hydrogen-bond acceptors (Lipinski definition) is 6. The summed E-state index contributed by atoms with van der Waals surface area (Å²) in [6.07, 6.45) is 0. The number of rotatable bonds is 7. The van der Waals surface area contributed by atoms with Gasteiger partial charge in [0.2, 0.25) is 10.0 Å². The molecule has 2 aromatic carbocycles. The van der Waals surface area contributed by atoms with E-state index in [4.69, 9.17) is 14.2 Å². The highest BCUT2D eigenvalue weighted by Gasteiger charge is 2.32. The zero-order valence-corrected chi connectivity index (χ0v) is 18.1. The molecule has 0 aliphatic carbocycles. The Labute approximate surface area is 177 Å². The molecule has 1 saturated heterocycles. The summed E-state index contributed by atoms with van der Waals surface area (Å²) in [6, 6.07) is 12.1. The SMILES string of the molecule is COc1ccc(OC)c(S(=O)(=O)N2CCN(C(=O)COc3ccccc3C)CC2)c1. The van der Waals surface area contributed by atoms with Gasteiger partial charge >= 0.3 is 0 Å². The lowest BCUT2D eigenvalue weighted by Crippen LogP contribution is -2.51. The first-order valence-corrected chi connectivity index (χ1v) is 11.0. The molecule has 1 fully saturated rings. The number of carbonyl (C=O) groups is 1. The molecule has 8 nitrogen and oxygen atoms in total. The van der Waals surface area contributed by atoms with Gasteiger partial charge in [-0.2, -0.15) is 4.31 Å². The van der Waals surface area contributed by atoms with Gasteiger partial charge in [0.1, 0.15) is 22.1 Å². The number of piperazine rings is 1. The van der Waals surface area contributed by atoms with Crippen LogP contribution in [-0.4, -0.2) is 70.5 Å². The first-order valence-electron chi connectivity index (χ1n) is 9.55. The fraction of sp³-hybridized carbons (Fsp3) is 0.381. The fourth-order valence-electron chi connectivity index (χ4n) is 3.25. The Hall–Kier alpha value is -2.78. The fourth-order valence-corrected chi connectivity index (χ4v) is 4.84. The monoisotopic (exact) mass is 434 g/mol. The number of carbonyl (C=O) groups excluding carboxylic acids is 1. The molecule has 1 aliphatic rings. The largest absolute Gasteiger partial charge is 0.497 e. The topological polar surface area (TPSA) is 85.4 Å². The number of ether oxygens (including phenoxy) is 3. The molecule has 1 aliphatic heterocycles. The number of benzene rings is 2. The number of para-hydroxylation sites is 1. The van der Waals surface area contributed by atoms with Crippen molar-refractivity contribution >= 4 is 15.9 Å². The highest BCUT2D eigenvalue weighted by Crippen LogP contribution is 2.31. The highest BCUT2D eigenvalue weighted by atomic mass is 32.2. The van der Waals surface area contributed by atoms with E-state index in [0.29, 0.717) is 24.6 Å². The summed E-state index contributed by atoms with van der Waals surface area (Å²) in [5, 5.41) is 0. The maximum absolute atomic E-state index is 13.1. The van der Waals surface area contributed by atoms with E-state index >= 15 is 0 Å². The Balaban J connectivity index is 1.63. The molecule has 9 heteroatoms. The summed E-state index contributed by atoms with van der Waals surface area (Å²) in [6.45, 7) is 2.80. The predicted molar refractivity (Wildman–Crippen MR) is 112 cm³/mol. The maximum Gasteiger partial charge on any atom is 0.260 e. The summed E-state index contributed by atoms with van der Waals surface area (Å²) < 4.78 is 43.6. The average Bonchev–Trinajstić information content (AvgIpc) is 2.78. The number of nitrogens with zero attached hydrogens (tertiary/aromatic N) is 2. The summed E-state index contributed by atoms with van der Waals surface area (Å²) in [5.74, 6) is 1.17. The van der Waals surface area contributed by atoms with E-state index in [0.717, 1.165) is 5.56 Å². The Morgan fingerprint density at radius 1 is 0.967 bits per heavy atom. The lowest BCUT2D eigenvalue weighted by Gasteiger charge is -2.34. The molecule has 0 spiro atoms. The smallest absolute Gasteiger partial charge is 0.260 e. The summed E-state index contributed by atoms with van der Waals surface area (Å²) >= 11 is 0. The van der Waals surface area contributed by atoms with Crippen LogP contribution in [0.1, 0.15) is 5.56 Å². The van der Waals surface area contributed by atoms with E-state index in [1.165, 1.54) is 24.6 Å². The van der Waals surface area contributed by atoms with Crippen LogP contribution in [0.3, 0.4) is 0 Å². The van der Waals surface area contributed by atoms with Crippen LogP contribution in [0.25, 0.3) is 0 Å². The lowest BCUT2D eigenvalue weighted by molar-refractivity contribution is -0.134. The standard InChI is InChI=1S/C21H26N2O6S/c1-16-6-4-5-7-18(16)29-15-21(24)22-10-12-23(13-11-22)30(25,26)20-14-17(27-2)8-9-19(20)28-3/h4-9,14H,10-13,15H2,1-3H3. The zero-order valence-electron chi connectivity index (χ0n) is 17.3. The van der Waals surface area contributed by atoms with Gasteiger partial charge in [0.25, 0.3) is 5.91 Å². The number of sulfonamides is 1. The summed E-state index contributed by atoms with van der Waals surface area (Å²) in [7, 11) is -0.892. The van der Waals surface area contributed by atoms with Crippen LogP contribution in [-0.2, 0) is 14.8 Å². The van der Waals surface area contributed by atoms with Crippen LogP contribution < -0.4 is 14.2 Å². The maximum atomic E-state index is 13.1. The van der Waals surface area contributed by atoms with Crippen LogP contribution in [0, 0.1) is 6.92 Å². The minimum absolute atomic E-state index is 0.0482. The summed E-state index contributed by atoms with van der Waals surface area (Å²) in [4.78, 5) is 14.2. The summed E-state index contributed by atoms with van der Waals surface area (Å²) in [5.41, 5.74) is 0.952. The zero-order chi connectivity index (χ0) is 21.7. The van der Waals surface area contributed by atoms with Crippen LogP contribution in [0.5, 0.6) is 17.2 Å². The van der Waals surface area contributed by atoms with Crippen molar-refractivity contribution in [2.45, 2.75) is 11.8 Å². The van der Waals surface area contributed by atoms with Gasteiger partial charge in [-0.1, -0.05) is 18.2 Å². The molecule has 1 heterocycles. The molecule has 0 N–H and O–H groups in total. The molecule has 0 atom stereocenters. The van der Waals surface area contributed by atoms with E-state index in [2.05, 4.69) is 0 Å². The van der Waals surface area contributed by atoms with Gasteiger partial charge in [0.05, 0.1) is 14.2 Å². The van der Waals surface area contributed by atoms with Gasteiger partial charge in [-0.25, -0.2) is 8.42 Å². The third-order valence-electron chi connectivity index (χ3n) is 5.02. The molecule has 162 valence electrons. The number of hydrogen-bond donors (Lipinski definition) is 0. The quantitative estimate of drug-likeness (QED) is 0.662. The van der Waals surface area contributed by atoms with Crippen LogP contribution in [0.2, 0.25) is 0 Å². The molecule has 3 rings (SSSR count). The van der Waals surface area contributed by atoms with Crippen molar-refractivity contribution in [2.75, 3.05) is 47.0 Å². The third-order valence-corrected chi connectivity index (χ3v) is 6.94. The van der Waals surface area contributed by atoms with Crippen molar-refractivity contribution in [1.82, 2.24) is 9.21 Å². The van der Waals surface area contributed by atoms with E-state index < -0.39 is 10.0 Å². The Kier molecular flexibility index (Phi) is 6.84. The minimum Gasteiger partial charge on any atom is -0.497 e. The average molecular weight is 435 g/mol. The first-order chi connectivity index (χ1) is 14.4. The van der Waals surface area contributed by atoms with E-state index in [1.807, 2.05) is 31.2 Å². The molecular weight excluding hydrogens is 408 g/mol. The second kappa shape index (κ2) is 9.36. The number of aryl methyl sites for hydroxylation is 1. The van der Waals surface area contributed by atoms with E-state index in [9.17, 15) is 13.2 Å². The molecule has 0 saturated carbocycles. The van der Waals surface area contributed by atoms with Gasteiger partial charge in [-0.15, -0.1) is 0 Å². The molecule has 0 bridgehead atoms. The molecule has 0 unspecified atom stereocenters. The lowest BCUT2D eigenvalue weighted by atomic mass is 10.2. The minimum atomic E-state index is -3.79. The van der Waals surface area contributed by atoms with Gasteiger partial charge in [0, 0.05) is 32.2 Å². The molecule has 30 heavy (non-hydrogen) atoms. The van der Waals surface area contributed by atoms with Gasteiger partial charge in [-0.3, -0.25) is 4.79 Å². The number of amides is 1. The molecule has 0 aromatic heterocycles. The van der Waals surface area contributed by atoms with E-state index in [1.54, 1.807) is 17.0 Å². The van der Waals surface area contributed by atoms with Crippen molar-refractivity contribution < 1.29 is 27.4 Å². The van der Waals surface area contributed by atoms with Crippen molar-refractivity contribution in [3.05, 3.63) is 48.0 Å². The first kappa shape index (κ1) is 21.9. The third kappa shape index (κ3) is 4.68. The Bertz CT molecular complexity index is 1000. The Morgan fingerprint density at radius 3 is 2.30 bits per heavy atom. The van der Waals surface area contributed by atoms with Gasteiger partial charge in [-0.05, 0) is 30.7 Å². The van der Waals surface area contributed by atoms with E-state index in [-0.39, 0.29) is 36.2 Å². The highest BCUT2D eigenvalue weighted by molar-refractivity contribution is 7.89. The van der Waals surface area contributed by atoms with Crippen molar-refractivity contribution in [3.63, 3.8) is 0 Å². The van der Waals surface area contributed by atoms with Crippen LogP contribution >= 0.6 is 0 Å². The number of methoxy groups -OCH3 is 2. The van der Waals surface area contributed by atoms with Crippen molar-refractivity contribution in [3.8, 4) is 17.2 Å². The predicted octanol–water partition coefficient (Wildman–Crippen LogP) is 1.92. The second-order valence-electron chi connectivity index (χ2n) is 6.86. The molecule has 0 radical (unpaired) electrons. The van der Waals surface area contributed by atoms with Gasteiger partial charge in [0.15, 0.2) is 6.61 Å². The molecule has 2 aromatic rings. The Morgan fingerprint density at radius 2 is 1.67 bits per heavy atom. The van der Waals surface area contributed by atoms with Crippen molar-refractivity contribution in [1.29, 1.82) is 0 Å². The van der Waals surface area contributed by atoms with Crippen LogP contribution in [0.15, 0.2) is 47.4 Å². The van der Waals surface area contributed by atoms with Crippen molar-refractivity contribution in [2.24, 2.45) is 0 Å². The molecular formula is C21H26N2O6S. The van der Waals surface area contributed by atoms with Crippen LogP contribution in [0.4, 0.5) is 0 Å². The van der Waals surface area contributed by atoms with Gasteiger partial charge < -0.3 is 19.1 Å². The normalized spacial score (nSPS) is 15.0. The molecule has 1 amide bonds.